The van der Waals surface area contributed by atoms with E-state index in [0.717, 1.165) is 30.2 Å². The van der Waals surface area contributed by atoms with E-state index in [4.69, 9.17) is 5.26 Å². The highest BCUT2D eigenvalue weighted by atomic mass is 19.4. The van der Waals surface area contributed by atoms with Gasteiger partial charge in [0.05, 0.1) is 29.4 Å². The minimum Gasteiger partial charge on any atom is -0.365 e. The summed E-state index contributed by atoms with van der Waals surface area (Å²) in [4.78, 5) is 1.95. The van der Waals surface area contributed by atoms with E-state index in [1.165, 1.54) is 6.07 Å². The molecule has 1 aromatic carbocycles. The van der Waals surface area contributed by atoms with Crippen LogP contribution in [0.3, 0.4) is 0 Å². The van der Waals surface area contributed by atoms with Gasteiger partial charge in [0.15, 0.2) is 0 Å². The molecule has 0 saturated heterocycles. The SMILES string of the molecule is CCN(c1ccc(C#N)c(C(F)(F)F)c1)C1C=C(c2cn[nH]n2)CCC1(C)C. The van der Waals surface area contributed by atoms with Gasteiger partial charge >= 0.3 is 6.18 Å². The number of aromatic amines is 1. The van der Waals surface area contributed by atoms with Crippen molar-refractivity contribution >= 4 is 11.3 Å². The van der Waals surface area contributed by atoms with Gasteiger partial charge in [-0.05, 0) is 49.0 Å². The second-order valence-electron chi connectivity index (χ2n) is 7.61. The first-order valence-corrected chi connectivity index (χ1v) is 9.12. The Morgan fingerprint density at radius 3 is 2.68 bits per heavy atom. The van der Waals surface area contributed by atoms with Crippen LogP contribution >= 0.6 is 0 Å². The molecule has 2 aromatic rings. The van der Waals surface area contributed by atoms with Crippen molar-refractivity contribution in [1.82, 2.24) is 15.4 Å². The zero-order valence-corrected chi connectivity index (χ0v) is 16.0. The van der Waals surface area contributed by atoms with Gasteiger partial charge in [0.1, 0.15) is 5.69 Å². The number of benzene rings is 1. The van der Waals surface area contributed by atoms with Crippen LogP contribution in [0, 0.1) is 16.7 Å². The molecule has 0 spiro atoms. The number of alkyl halides is 3. The molecule has 0 amide bonds. The molecule has 0 fully saturated rings. The first-order chi connectivity index (χ1) is 13.2. The Morgan fingerprint density at radius 2 is 2.11 bits per heavy atom. The standard InChI is InChI=1S/C20H22F3N5/c1-4-28(15-6-5-14(11-24)16(10-15)20(21,22)23)18-9-13(7-8-19(18,2)3)17-12-25-27-26-17/h5-6,9-10,12,18H,4,7-8H2,1-3H3,(H,25,26,27). The summed E-state index contributed by atoms with van der Waals surface area (Å²) in [5.74, 6) is 0. The Hall–Kier alpha value is -2.82. The van der Waals surface area contributed by atoms with Crippen molar-refractivity contribution < 1.29 is 13.2 Å². The predicted octanol–water partition coefficient (Wildman–Crippen LogP) is 4.79. The van der Waals surface area contributed by atoms with E-state index in [1.54, 1.807) is 18.3 Å². The van der Waals surface area contributed by atoms with Crippen LogP contribution in [0.25, 0.3) is 5.57 Å². The molecule has 3 rings (SSSR count). The van der Waals surface area contributed by atoms with Crippen LogP contribution in [0.5, 0.6) is 0 Å². The zero-order chi connectivity index (χ0) is 20.5. The summed E-state index contributed by atoms with van der Waals surface area (Å²) in [5, 5.41) is 19.7. The maximum atomic E-state index is 13.4. The molecular formula is C20H22F3N5. The third kappa shape index (κ3) is 3.75. The number of H-pyrrole nitrogens is 1. The lowest BCUT2D eigenvalue weighted by Gasteiger charge is -2.44. The lowest BCUT2D eigenvalue weighted by molar-refractivity contribution is -0.137. The summed E-state index contributed by atoms with van der Waals surface area (Å²) in [6.07, 6.45) is 0.853. The number of aromatic nitrogens is 3. The van der Waals surface area contributed by atoms with Gasteiger partial charge in [-0.15, -0.1) is 0 Å². The van der Waals surface area contributed by atoms with E-state index in [1.807, 2.05) is 11.8 Å². The van der Waals surface area contributed by atoms with Crippen molar-refractivity contribution in [2.45, 2.75) is 45.8 Å². The fraction of sp³-hybridized carbons (Fsp3) is 0.450. The number of nitrogens with zero attached hydrogens (tertiary/aromatic N) is 4. The summed E-state index contributed by atoms with van der Waals surface area (Å²) >= 11 is 0. The molecular weight excluding hydrogens is 367 g/mol. The third-order valence-corrected chi connectivity index (χ3v) is 5.38. The molecule has 0 saturated carbocycles. The first-order valence-electron chi connectivity index (χ1n) is 9.12. The molecule has 148 valence electrons. The Kier molecular flexibility index (Phi) is 5.20. The van der Waals surface area contributed by atoms with Gasteiger partial charge in [-0.25, -0.2) is 0 Å². The average molecular weight is 389 g/mol. The van der Waals surface area contributed by atoms with Crippen molar-refractivity contribution in [3.63, 3.8) is 0 Å². The van der Waals surface area contributed by atoms with Crippen molar-refractivity contribution in [1.29, 1.82) is 5.26 Å². The molecule has 1 unspecified atom stereocenters. The molecule has 0 aliphatic heterocycles. The van der Waals surface area contributed by atoms with E-state index < -0.39 is 11.7 Å². The minimum absolute atomic E-state index is 0.119. The number of nitrogens with one attached hydrogen (secondary N) is 1. The highest BCUT2D eigenvalue weighted by molar-refractivity contribution is 5.66. The lowest BCUT2D eigenvalue weighted by Crippen LogP contribution is -2.46. The van der Waals surface area contributed by atoms with Gasteiger partial charge in [-0.2, -0.15) is 33.8 Å². The Labute approximate surface area is 161 Å². The number of allylic oxidation sites excluding steroid dienone is 1. The lowest BCUT2D eigenvalue weighted by atomic mass is 9.73. The normalized spacial score (nSPS) is 19.0. The van der Waals surface area contributed by atoms with E-state index in [0.29, 0.717) is 12.2 Å². The van der Waals surface area contributed by atoms with Gasteiger partial charge < -0.3 is 4.90 Å². The Bertz CT molecular complexity index is 907. The number of anilines is 1. The quantitative estimate of drug-likeness (QED) is 0.816. The van der Waals surface area contributed by atoms with E-state index >= 15 is 0 Å². The van der Waals surface area contributed by atoms with Gasteiger partial charge in [-0.3, -0.25) is 0 Å². The molecule has 28 heavy (non-hydrogen) atoms. The van der Waals surface area contributed by atoms with Gasteiger partial charge in [0.2, 0.25) is 0 Å². The maximum Gasteiger partial charge on any atom is 0.417 e. The molecule has 0 bridgehead atoms. The van der Waals surface area contributed by atoms with Crippen LogP contribution in [0.1, 0.15) is 50.4 Å². The topological polar surface area (TPSA) is 68.6 Å². The average Bonchev–Trinajstić information content (AvgIpc) is 3.17. The van der Waals surface area contributed by atoms with Crippen molar-refractivity contribution in [2.75, 3.05) is 11.4 Å². The third-order valence-electron chi connectivity index (χ3n) is 5.38. The van der Waals surface area contributed by atoms with Gasteiger partial charge in [0, 0.05) is 12.2 Å². The summed E-state index contributed by atoms with van der Waals surface area (Å²) in [7, 11) is 0. The van der Waals surface area contributed by atoms with Crippen molar-refractivity contribution in [3.05, 3.63) is 47.3 Å². The summed E-state index contributed by atoms with van der Waals surface area (Å²) in [6, 6.07) is 5.44. The molecule has 1 heterocycles. The fourth-order valence-corrected chi connectivity index (χ4v) is 3.77. The number of nitriles is 1. The summed E-state index contributed by atoms with van der Waals surface area (Å²) < 4.78 is 40.3. The van der Waals surface area contributed by atoms with Crippen LogP contribution in [-0.2, 0) is 6.18 Å². The van der Waals surface area contributed by atoms with E-state index in [2.05, 4.69) is 35.3 Å². The van der Waals surface area contributed by atoms with Crippen molar-refractivity contribution in [2.24, 2.45) is 5.41 Å². The second-order valence-corrected chi connectivity index (χ2v) is 7.61. The summed E-state index contributed by atoms with van der Waals surface area (Å²) in [5.41, 5.74) is 0.822. The monoisotopic (exact) mass is 389 g/mol. The van der Waals surface area contributed by atoms with Crippen LogP contribution < -0.4 is 4.90 Å². The molecule has 5 nitrogen and oxygen atoms in total. The van der Waals surface area contributed by atoms with Crippen LogP contribution in [-0.4, -0.2) is 28.0 Å². The molecule has 1 atom stereocenters. The van der Waals surface area contributed by atoms with E-state index in [9.17, 15) is 13.2 Å². The van der Waals surface area contributed by atoms with E-state index in [-0.39, 0.29) is 17.0 Å². The number of halogens is 3. The van der Waals surface area contributed by atoms with Gasteiger partial charge in [0.25, 0.3) is 0 Å². The van der Waals surface area contributed by atoms with Crippen LogP contribution in [0.15, 0.2) is 30.5 Å². The molecule has 1 aromatic heterocycles. The number of hydrogen-bond acceptors (Lipinski definition) is 4. The molecule has 1 aliphatic rings. The largest absolute Gasteiger partial charge is 0.417 e. The first kappa shape index (κ1) is 19.9. The molecule has 1 N–H and O–H groups in total. The zero-order valence-electron chi connectivity index (χ0n) is 16.0. The molecule has 1 aliphatic carbocycles. The molecule has 0 radical (unpaired) electrons. The smallest absolute Gasteiger partial charge is 0.365 e. The number of rotatable bonds is 4. The van der Waals surface area contributed by atoms with Crippen LogP contribution in [0.4, 0.5) is 18.9 Å². The highest BCUT2D eigenvalue weighted by Crippen LogP contribution is 2.42. The Morgan fingerprint density at radius 1 is 1.36 bits per heavy atom. The van der Waals surface area contributed by atoms with Crippen LogP contribution in [0.2, 0.25) is 0 Å². The highest BCUT2D eigenvalue weighted by Gasteiger charge is 2.38. The number of likely N-dealkylation sites (N-methyl/N-ethyl adjacent to an activating group) is 1. The summed E-state index contributed by atoms with van der Waals surface area (Å²) in [6.45, 7) is 6.68. The fourth-order valence-electron chi connectivity index (χ4n) is 3.77. The Balaban J connectivity index is 2.07. The second kappa shape index (κ2) is 7.30. The minimum atomic E-state index is -4.58. The maximum absolute atomic E-state index is 13.4. The number of hydrogen-bond donors (Lipinski definition) is 1. The van der Waals surface area contributed by atoms with Gasteiger partial charge in [-0.1, -0.05) is 19.9 Å². The van der Waals surface area contributed by atoms with Crippen molar-refractivity contribution in [3.8, 4) is 6.07 Å². The predicted molar refractivity (Wildman–Crippen MR) is 100 cm³/mol. The molecule has 8 heteroatoms.